The second kappa shape index (κ2) is 21.9. The molecule has 0 spiro atoms. The minimum absolute atomic E-state index is 0.00675. The average molecular weight is 610 g/mol. The van der Waals surface area contributed by atoms with Crippen LogP contribution < -0.4 is 10.8 Å². The summed E-state index contributed by atoms with van der Waals surface area (Å²) in [5.74, 6) is -0.208. The standard InChI is InChI=1S/C35H56FN7O/c1-10-14-17-29(5)35(36)31(7)42(13-4)23-16-22-41(9)34(44)27-38-28-43-24-20-37-26-33(43)39-25-32(12-3)19-18-30(6)40(8)21-15-11-2/h10,12,14,17-20,24,26,38H,3,11,13,15-16,21-23,25,27-28H2,1-2,4-9H3/b14-10-,29-17-,30-18+,32-19+,35-31-,39-33?. The maximum atomic E-state index is 14.8. The Morgan fingerprint density at radius 2 is 1.82 bits per heavy atom. The third-order valence-corrected chi connectivity index (χ3v) is 7.45. The summed E-state index contributed by atoms with van der Waals surface area (Å²) in [7, 11) is 3.91. The lowest BCUT2D eigenvalue weighted by molar-refractivity contribution is -0.129. The number of hydrogen-bond acceptors (Lipinski definition) is 6. The number of aromatic nitrogens is 2. The molecule has 0 fully saturated rings. The summed E-state index contributed by atoms with van der Waals surface area (Å²) in [6.45, 7) is 19.8. The molecule has 8 nitrogen and oxygen atoms in total. The highest BCUT2D eigenvalue weighted by molar-refractivity contribution is 5.77. The van der Waals surface area contributed by atoms with Gasteiger partial charge in [-0.05, 0) is 64.7 Å². The van der Waals surface area contributed by atoms with Gasteiger partial charge in [0, 0.05) is 64.1 Å². The van der Waals surface area contributed by atoms with Crippen LogP contribution in [0.2, 0.25) is 0 Å². The lowest BCUT2D eigenvalue weighted by Gasteiger charge is -2.26. The number of allylic oxidation sites excluding steroid dienone is 9. The molecule has 0 radical (unpaired) electrons. The van der Waals surface area contributed by atoms with Crippen molar-refractivity contribution in [2.45, 2.75) is 67.5 Å². The van der Waals surface area contributed by atoms with Crippen LogP contribution in [-0.2, 0) is 11.5 Å². The lowest BCUT2D eigenvalue weighted by atomic mass is 10.2. The molecule has 44 heavy (non-hydrogen) atoms. The van der Waals surface area contributed by atoms with Gasteiger partial charge in [-0.3, -0.25) is 20.1 Å². The monoisotopic (exact) mass is 609 g/mol. The van der Waals surface area contributed by atoms with Gasteiger partial charge in [0.2, 0.25) is 5.91 Å². The summed E-state index contributed by atoms with van der Waals surface area (Å²) in [5.41, 5.74) is 4.13. The average Bonchev–Trinajstić information content (AvgIpc) is 3.03. The molecule has 0 saturated heterocycles. The van der Waals surface area contributed by atoms with E-state index in [1.54, 1.807) is 37.3 Å². The fourth-order valence-corrected chi connectivity index (χ4v) is 4.27. The zero-order valence-electron chi connectivity index (χ0n) is 28.4. The predicted molar refractivity (Wildman–Crippen MR) is 182 cm³/mol. The molecule has 1 aromatic heterocycles. The second-order valence-corrected chi connectivity index (χ2v) is 10.9. The summed E-state index contributed by atoms with van der Waals surface area (Å²) < 4.78 is 16.8. The van der Waals surface area contributed by atoms with Gasteiger partial charge < -0.3 is 19.3 Å². The quantitative estimate of drug-likeness (QED) is 0.185. The van der Waals surface area contributed by atoms with Gasteiger partial charge in [0.1, 0.15) is 11.3 Å². The van der Waals surface area contributed by atoms with E-state index in [0.29, 0.717) is 49.6 Å². The number of unbranched alkanes of at least 4 members (excludes halogenated alkanes) is 1. The van der Waals surface area contributed by atoms with E-state index in [0.717, 1.165) is 18.5 Å². The van der Waals surface area contributed by atoms with E-state index in [1.807, 2.05) is 54.7 Å². The molecule has 1 aromatic rings. The highest BCUT2D eigenvalue weighted by atomic mass is 19.1. The SMILES string of the molecule is C=C/C(=C\C=C(/C)N(C)CCCC)CN=c1cnccn1CNCC(=O)N(C)CCCN(CC)/C(C)=C(F)/C(C)=C\C=C/C. The van der Waals surface area contributed by atoms with Crippen molar-refractivity contribution in [3.05, 3.63) is 95.5 Å². The molecule has 0 atom stereocenters. The van der Waals surface area contributed by atoms with Gasteiger partial charge >= 0.3 is 0 Å². The lowest BCUT2D eigenvalue weighted by Crippen LogP contribution is -2.39. The van der Waals surface area contributed by atoms with E-state index in [2.05, 4.69) is 54.8 Å². The number of carbonyl (C=O) groups is 1. The fraction of sp³-hybridized carbons (Fsp3) is 0.514. The van der Waals surface area contributed by atoms with Crippen LogP contribution in [0.4, 0.5) is 4.39 Å². The Hall–Kier alpha value is -3.72. The second-order valence-electron chi connectivity index (χ2n) is 10.9. The predicted octanol–water partition coefficient (Wildman–Crippen LogP) is 5.97. The topological polar surface area (TPSA) is 69.0 Å². The first-order chi connectivity index (χ1) is 21.1. The molecular weight excluding hydrogens is 553 g/mol. The van der Waals surface area contributed by atoms with Gasteiger partial charge in [-0.25, -0.2) is 4.39 Å². The first-order valence-electron chi connectivity index (χ1n) is 15.7. The highest BCUT2D eigenvalue weighted by Gasteiger charge is 2.13. The molecule has 0 aliphatic heterocycles. The summed E-state index contributed by atoms with van der Waals surface area (Å²) in [5, 5.41) is 3.22. The van der Waals surface area contributed by atoms with E-state index < -0.39 is 0 Å². The first-order valence-corrected chi connectivity index (χ1v) is 15.7. The van der Waals surface area contributed by atoms with Crippen molar-refractivity contribution in [2.24, 2.45) is 4.99 Å². The molecule has 0 saturated carbocycles. The first kappa shape index (κ1) is 38.3. The molecule has 0 bridgehead atoms. The van der Waals surface area contributed by atoms with Gasteiger partial charge in [-0.1, -0.05) is 50.3 Å². The molecule has 0 aliphatic rings. The van der Waals surface area contributed by atoms with Crippen LogP contribution in [0.1, 0.15) is 60.8 Å². The van der Waals surface area contributed by atoms with Crippen molar-refractivity contribution in [3.63, 3.8) is 0 Å². The molecule has 244 valence electrons. The van der Waals surface area contributed by atoms with Crippen molar-refractivity contribution in [3.8, 4) is 0 Å². The molecule has 1 amide bonds. The Kier molecular flexibility index (Phi) is 19.1. The number of likely N-dealkylation sites (N-methyl/N-ethyl adjacent to an activating group) is 1. The minimum Gasteiger partial charge on any atom is -0.378 e. The maximum absolute atomic E-state index is 14.8. The zero-order valence-corrected chi connectivity index (χ0v) is 28.4. The Bertz CT molecular complexity index is 1260. The van der Waals surface area contributed by atoms with Crippen molar-refractivity contribution in [1.29, 1.82) is 0 Å². The van der Waals surface area contributed by atoms with Gasteiger partial charge in [0.25, 0.3) is 0 Å². The molecule has 1 heterocycles. The van der Waals surface area contributed by atoms with Crippen molar-refractivity contribution >= 4 is 5.91 Å². The third kappa shape index (κ3) is 14.2. The van der Waals surface area contributed by atoms with Crippen molar-refractivity contribution in [2.75, 3.05) is 53.4 Å². The number of halogens is 1. The Morgan fingerprint density at radius 1 is 1.09 bits per heavy atom. The van der Waals surface area contributed by atoms with Gasteiger partial charge in [0.15, 0.2) is 0 Å². The Morgan fingerprint density at radius 3 is 2.48 bits per heavy atom. The largest absolute Gasteiger partial charge is 0.378 e. The van der Waals surface area contributed by atoms with Gasteiger partial charge in [0.05, 0.1) is 26.0 Å². The molecule has 0 unspecified atom stereocenters. The summed E-state index contributed by atoms with van der Waals surface area (Å²) in [6, 6.07) is 0. The van der Waals surface area contributed by atoms with Crippen LogP contribution in [0.3, 0.4) is 0 Å². The number of amides is 1. The normalized spacial score (nSPS) is 13.8. The van der Waals surface area contributed by atoms with Crippen LogP contribution in [-0.4, -0.2) is 83.5 Å². The maximum Gasteiger partial charge on any atom is 0.236 e. The fourth-order valence-electron chi connectivity index (χ4n) is 4.27. The Balaban J connectivity index is 2.70. The smallest absolute Gasteiger partial charge is 0.236 e. The molecule has 0 aromatic carbocycles. The molecule has 0 aliphatic carbocycles. The van der Waals surface area contributed by atoms with Crippen molar-refractivity contribution < 1.29 is 9.18 Å². The van der Waals surface area contributed by atoms with E-state index in [1.165, 1.54) is 18.5 Å². The summed E-state index contributed by atoms with van der Waals surface area (Å²) in [4.78, 5) is 27.7. The van der Waals surface area contributed by atoms with E-state index in [4.69, 9.17) is 4.99 Å². The molecular formula is C35H56FN7O. The molecule has 1 N–H and O–H groups in total. The minimum atomic E-state index is -0.201. The number of rotatable bonds is 20. The van der Waals surface area contributed by atoms with Gasteiger partial charge in [-0.2, -0.15) is 0 Å². The molecule has 9 heteroatoms. The van der Waals surface area contributed by atoms with Gasteiger partial charge in [-0.15, -0.1) is 0 Å². The van der Waals surface area contributed by atoms with Crippen LogP contribution >= 0.6 is 0 Å². The van der Waals surface area contributed by atoms with Crippen molar-refractivity contribution in [1.82, 2.24) is 29.6 Å². The van der Waals surface area contributed by atoms with Crippen LogP contribution in [0.5, 0.6) is 0 Å². The van der Waals surface area contributed by atoms with E-state index in [9.17, 15) is 9.18 Å². The Labute approximate surface area is 265 Å². The number of nitrogens with zero attached hydrogens (tertiary/aromatic N) is 6. The number of nitrogens with one attached hydrogen (secondary N) is 1. The molecule has 1 rings (SSSR count). The number of carbonyl (C=O) groups excluding carboxylic acids is 1. The highest BCUT2D eigenvalue weighted by Crippen LogP contribution is 2.19. The van der Waals surface area contributed by atoms with E-state index in [-0.39, 0.29) is 18.3 Å². The van der Waals surface area contributed by atoms with Crippen LogP contribution in [0, 0.1) is 0 Å². The van der Waals surface area contributed by atoms with Crippen LogP contribution in [0.25, 0.3) is 0 Å². The number of hydrogen-bond donors (Lipinski definition) is 1. The summed E-state index contributed by atoms with van der Waals surface area (Å²) >= 11 is 0. The summed E-state index contributed by atoms with van der Waals surface area (Å²) in [6.07, 6.45) is 19.8. The van der Waals surface area contributed by atoms with Crippen LogP contribution in [0.15, 0.2) is 95.0 Å². The van der Waals surface area contributed by atoms with E-state index >= 15 is 0 Å². The third-order valence-electron chi connectivity index (χ3n) is 7.45. The zero-order chi connectivity index (χ0) is 32.9.